The van der Waals surface area contributed by atoms with Crippen LogP contribution in [0.4, 0.5) is 5.69 Å². The Kier molecular flexibility index (Phi) is 6.11. The largest absolute Gasteiger partial charge is 0.465 e. The zero-order valence-corrected chi connectivity index (χ0v) is 18.2. The van der Waals surface area contributed by atoms with Gasteiger partial charge in [-0.1, -0.05) is 0 Å². The minimum absolute atomic E-state index is 0.0751. The standard InChI is InChI=1S/C22H27N5O5/c1-25-19(14-9-11-26(12-10-14)20(29)15-3-4-15)24-27(22(25)31)13-18(28)23-17-7-5-16(6-8-17)21(30)32-2/h5-8,14-15H,3-4,9-13H2,1-2H3,(H,23,28). The molecule has 0 radical (unpaired) electrons. The molecular weight excluding hydrogens is 414 g/mol. The summed E-state index contributed by atoms with van der Waals surface area (Å²) in [5.74, 6) is 0.324. The summed E-state index contributed by atoms with van der Waals surface area (Å²) in [5.41, 5.74) is 0.521. The van der Waals surface area contributed by atoms with Crippen LogP contribution in [0, 0.1) is 5.92 Å². The number of nitrogens with one attached hydrogen (secondary N) is 1. The van der Waals surface area contributed by atoms with Crippen LogP contribution in [0.5, 0.6) is 0 Å². The van der Waals surface area contributed by atoms with Gasteiger partial charge in [-0.25, -0.2) is 14.3 Å². The molecule has 1 aromatic heterocycles. The summed E-state index contributed by atoms with van der Waals surface area (Å²) in [7, 11) is 2.96. The van der Waals surface area contributed by atoms with E-state index in [-0.39, 0.29) is 30.0 Å². The fourth-order valence-corrected chi connectivity index (χ4v) is 4.05. The fourth-order valence-electron chi connectivity index (χ4n) is 4.05. The molecule has 1 aliphatic heterocycles. The quantitative estimate of drug-likeness (QED) is 0.672. The molecule has 0 spiro atoms. The van der Waals surface area contributed by atoms with Gasteiger partial charge in [-0.05, 0) is 49.9 Å². The molecule has 0 unspecified atom stereocenters. The summed E-state index contributed by atoms with van der Waals surface area (Å²) in [6.07, 6.45) is 3.49. The third kappa shape index (κ3) is 4.58. The van der Waals surface area contributed by atoms with Crippen LogP contribution in [-0.4, -0.2) is 57.2 Å². The van der Waals surface area contributed by atoms with E-state index < -0.39 is 11.9 Å². The van der Waals surface area contributed by atoms with Crippen LogP contribution < -0.4 is 11.0 Å². The smallest absolute Gasteiger partial charge is 0.346 e. The zero-order valence-electron chi connectivity index (χ0n) is 18.2. The molecule has 1 saturated carbocycles. The summed E-state index contributed by atoms with van der Waals surface area (Å²) in [6.45, 7) is 1.12. The molecule has 2 amide bonds. The number of rotatable bonds is 6. The Labute approximate surface area is 185 Å². The van der Waals surface area contributed by atoms with Crippen LogP contribution in [0.2, 0.25) is 0 Å². The fraction of sp³-hybridized carbons (Fsp3) is 0.500. The lowest BCUT2D eigenvalue weighted by Crippen LogP contribution is -2.39. The topological polar surface area (TPSA) is 116 Å². The summed E-state index contributed by atoms with van der Waals surface area (Å²) >= 11 is 0. The maximum absolute atomic E-state index is 12.6. The molecule has 2 fully saturated rings. The van der Waals surface area contributed by atoms with Gasteiger partial charge >= 0.3 is 11.7 Å². The molecule has 1 aliphatic carbocycles. The number of ether oxygens (including phenoxy) is 1. The zero-order chi connectivity index (χ0) is 22.8. The lowest BCUT2D eigenvalue weighted by molar-refractivity contribution is -0.133. The highest BCUT2D eigenvalue weighted by Gasteiger charge is 2.36. The number of aromatic nitrogens is 3. The Bertz CT molecular complexity index is 1080. The first-order valence-corrected chi connectivity index (χ1v) is 10.8. The van der Waals surface area contributed by atoms with E-state index in [1.54, 1.807) is 31.3 Å². The molecular formula is C22H27N5O5. The highest BCUT2D eigenvalue weighted by Crippen LogP contribution is 2.33. The predicted octanol–water partition coefficient (Wildman–Crippen LogP) is 1.12. The van der Waals surface area contributed by atoms with Gasteiger partial charge in [0.15, 0.2) is 0 Å². The molecule has 4 rings (SSSR count). The van der Waals surface area contributed by atoms with Crippen molar-refractivity contribution in [2.24, 2.45) is 13.0 Å². The van der Waals surface area contributed by atoms with E-state index in [0.29, 0.717) is 30.2 Å². The first-order valence-electron chi connectivity index (χ1n) is 10.8. The third-order valence-corrected chi connectivity index (χ3v) is 6.06. The summed E-state index contributed by atoms with van der Waals surface area (Å²) in [5, 5.41) is 7.12. The van der Waals surface area contributed by atoms with Gasteiger partial charge in [-0.15, -0.1) is 0 Å². The number of hydrogen-bond donors (Lipinski definition) is 1. The van der Waals surface area contributed by atoms with E-state index in [1.807, 2.05) is 4.90 Å². The second kappa shape index (κ2) is 8.97. The molecule has 32 heavy (non-hydrogen) atoms. The number of amides is 2. The van der Waals surface area contributed by atoms with E-state index in [9.17, 15) is 19.2 Å². The lowest BCUT2D eigenvalue weighted by Gasteiger charge is -2.31. The first-order chi connectivity index (χ1) is 15.4. The number of methoxy groups -OCH3 is 1. The second-order valence-corrected chi connectivity index (χ2v) is 8.35. The highest BCUT2D eigenvalue weighted by atomic mass is 16.5. The first kappa shape index (κ1) is 21.8. The van der Waals surface area contributed by atoms with Gasteiger partial charge in [-0.2, -0.15) is 5.10 Å². The van der Waals surface area contributed by atoms with Gasteiger partial charge in [0.2, 0.25) is 11.8 Å². The van der Waals surface area contributed by atoms with Gasteiger partial charge in [0.05, 0.1) is 12.7 Å². The molecule has 2 aliphatic rings. The number of nitrogens with zero attached hydrogens (tertiary/aromatic N) is 4. The molecule has 10 heteroatoms. The van der Waals surface area contributed by atoms with Crippen molar-refractivity contribution in [3.63, 3.8) is 0 Å². The minimum atomic E-state index is -0.460. The van der Waals surface area contributed by atoms with E-state index >= 15 is 0 Å². The van der Waals surface area contributed by atoms with Crippen molar-refractivity contribution >= 4 is 23.5 Å². The van der Waals surface area contributed by atoms with Crippen LogP contribution in [0.3, 0.4) is 0 Å². The number of likely N-dealkylation sites (tertiary alicyclic amines) is 1. The average Bonchev–Trinajstić information content (AvgIpc) is 3.62. The van der Waals surface area contributed by atoms with Crippen molar-refractivity contribution in [2.45, 2.75) is 38.1 Å². The Morgan fingerprint density at radius 1 is 1.09 bits per heavy atom. The molecule has 2 aromatic rings. The van der Waals surface area contributed by atoms with Gasteiger partial charge < -0.3 is 15.0 Å². The van der Waals surface area contributed by atoms with Crippen molar-refractivity contribution in [1.29, 1.82) is 0 Å². The molecule has 10 nitrogen and oxygen atoms in total. The van der Waals surface area contributed by atoms with E-state index in [4.69, 9.17) is 0 Å². The maximum Gasteiger partial charge on any atom is 0.346 e. The van der Waals surface area contributed by atoms with Crippen LogP contribution in [-0.2, 0) is 27.9 Å². The number of benzene rings is 1. The molecule has 1 N–H and O–H groups in total. The highest BCUT2D eigenvalue weighted by molar-refractivity contribution is 5.92. The lowest BCUT2D eigenvalue weighted by atomic mass is 9.95. The van der Waals surface area contributed by atoms with Gasteiger partial charge in [-0.3, -0.25) is 14.2 Å². The number of piperidine rings is 1. The van der Waals surface area contributed by atoms with Crippen LogP contribution >= 0.6 is 0 Å². The average molecular weight is 441 g/mol. The Balaban J connectivity index is 1.37. The molecule has 0 atom stereocenters. The van der Waals surface area contributed by atoms with Crippen LogP contribution in [0.25, 0.3) is 0 Å². The summed E-state index contributed by atoms with van der Waals surface area (Å²) < 4.78 is 7.30. The van der Waals surface area contributed by atoms with Crippen molar-refractivity contribution in [3.8, 4) is 0 Å². The maximum atomic E-state index is 12.6. The van der Waals surface area contributed by atoms with E-state index in [0.717, 1.165) is 30.4 Å². The van der Waals surface area contributed by atoms with Crippen molar-refractivity contribution in [1.82, 2.24) is 19.2 Å². The normalized spacial score (nSPS) is 16.6. The number of esters is 1. The molecule has 1 saturated heterocycles. The van der Waals surface area contributed by atoms with E-state index in [1.165, 1.54) is 11.7 Å². The van der Waals surface area contributed by atoms with Gasteiger partial charge in [0.25, 0.3) is 0 Å². The Morgan fingerprint density at radius 3 is 2.34 bits per heavy atom. The Morgan fingerprint density at radius 2 is 1.75 bits per heavy atom. The van der Waals surface area contributed by atoms with Gasteiger partial charge in [0.1, 0.15) is 12.4 Å². The number of anilines is 1. The molecule has 1 aromatic carbocycles. The van der Waals surface area contributed by atoms with Crippen molar-refractivity contribution < 1.29 is 19.1 Å². The SMILES string of the molecule is COC(=O)c1ccc(NC(=O)Cn2nc(C3CCN(C(=O)C4CC4)CC3)n(C)c2=O)cc1. The number of carbonyl (C=O) groups is 3. The van der Waals surface area contributed by atoms with Gasteiger partial charge in [0, 0.05) is 37.7 Å². The van der Waals surface area contributed by atoms with Crippen molar-refractivity contribution in [2.75, 3.05) is 25.5 Å². The van der Waals surface area contributed by atoms with Crippen LogP contribution in [0.15, 0.2) is 29.1 Å². The molecule has 0 bridgehead atoms. The summed E-state index contributed by atoms with van der Waals surface area (Å²) in [4.78, 5) is 50.7. The van der Waals surface area contributed by atoms with E-state index in [2.05, 4.69) is 15.2 Å². The number of carbonyl (C=O) groups excluding carboxylic acids is 3. The number of hydrogen-bond acceptors (Lipinski definition) is 6. The summed E-state index contributed by atoms with van der Waals surface area (Å²) in [6, 6.07) is 6.28. The minimum Gasteiger partial charge on any atom is -0.465 e. The molecule has 2 heterocycles. The predicted molar refractivity (Wildman–Crippen MR) is 115 cm³/mol. The van der Waals surface area contributed by atoms with Crippen molar-refractivity contribution in [3.05, 3.63) is 46.1 Å². The second-order valence-electron chi connectivity index (χ2n) is 8.35. The van der Waals surface area contributed by atoms with Crippen LogP contribution in [0.1, 0.15) is 47.8 Å². The molecule has 170 valence electrons. The Hall–Kier alpha value is -3.43. The third-order valence-electron chi connectivity index (χ3n) is 6.06. The monoisotopic (exact) mass is 441 g/mol.